The Morgan fingerprint density at radius 2 is 2.26 bits per heavy atom. The highest BCUT2D eigenvalue weighted by molar-refractivity contribution is 5.90. The number of carbonyl (C=O) groups excluding carboxylic acids is 1. The van der Waals surface area contributed by atoms with Crippen LogP contribution < -0.4 is 5.32 Å². The number of aromatic nitrogens is 3. The number of aromatic amines is 1. The second-order valence-electron chi connectivity index (χ2n) is 5.72. The van der Waals surface area contributed by atoms with Crippen molar-refractivity contribution in [2.24, 2.45) is 5.92 Å². The van der Waals surface area contributed by atoms with Crippen LogP contribution in [0.4, 0.5) is 0 Å². The summed E-state index contributed by atoms with van der Waals surface area (Å²) in [4.78, 5) is 18.3. The number of amides is 1. The average molecular weight is 263 g/mol. The van der Waals surface area contributed by atoms with Crippen molar-refractivity contribution in [2.45, 2.75) is 31.6 Å². The highest BCUT2D eigenvalue weighted by atomic mass is 16.2. The Morgan fingerprint density at radius 1 is 1.42 bits per heavy atom. The normalized spacial score (nSPS) is 23.3. The van der Waals surface area contributed by atoms with Crippen LogP contribution in [0.3, 0.4) is 0 Å². The van der Waals surface area contributed by atoms with Crippen molar-refractivity contribution in [1.29, 1.82) is 0 Å². The maximum Gasteiger partial charge on any atom is 0.293 e. The zero-order chi connectivity index (χ0) is 13.2. The molecular formula is C13H21N5O. The molecule has 1 aromatic rings. The molecule has 1 unspecified atom stereocenters. The highest BCUT2D eigenvalue weighted by Crippen LogP contribution is 2.37. The number of nitrogens with zero attached hydrogens (tertiary/aromatic N) is 3. The molecule has 1 amide bonds. The Labute approximate surface area is 113 Å². The van der Waals surface area contributed by atoms with Gasteiger partial charge in [0.15, 0.2) is 0 Å². The van der Waals surface area contributed by atoms with Crippen molar-refractivity contribution >= 4 is 5.91 Å². The van der Waals surface area contributed by atoms with Gasteiger partial charge in [-0.25, -0.2) is 4.98 Å². The molecular weight excluding hydrogens is 242 g/mol. The van der Waals surface area contributed by atoms with Crippen LogP contribution in [0.25, 0.3) is 0 Å². The molecule has 3 rings (SSSR count). The summed E-state index contributed by atoms with van der Waals surface area (Å²) in [6.07, 6.45) is 4.70. The lowest BCUT2D eigenvalue weighted by molar-refractivity contribution is 0.0753. The van der Waals surface area contributed by atoms with Gasteiger partial charge >= 0.3 is 0 Å². The van der Waals surface area contributed by atoms with E-state index in [1.54, 1.807) is 4.90 Å². The predicted octanol–water partition coefficient (Wildman–Crippen LogP) is 0.754. The Balaban J connectivity index is 1.58. The van der Waals surface area contributed by atoms with Crippen molar-refractivity contribution in [3.63, 3.8) is 0 Å². The number of H-pyrrole nitrogens is 1. The molecule has 0 spiro atoms. The van der Waals surface area contributed by atoms with E-state index >= 15 is 0 Å². The fourth-order valence-corrected chi connectivity index (χ4v) is 2.63. The van der Waals surface area contributed by atoms with Crippen LogP contribution >= 0.6 is 0 Å². The first kappa shape index (κ1) is 12.6. The molecule has 1 aromatic heterocycles. The van der Waals surface area contributed by atoms with Crippen LogP contribution in [0.5, 0.6) is 0 Å². The minimum atomic E-state index is -0.0753. The molecule has 6 nitrogen and oxygen atoms in total. The van der Waals surface area contributed by atoms with E-state index in [4.69, 9.17) is 0 Å². The van der Waals surface area contributed by atoms with Crippen molar-refractivity contribution in [3.8, 4) is 0 Å². The molecule has 104 valence electrons. The topological polar surface area (TPSA) is 73.9 Å². The van der Waals surface area contributed by atoms with Gasteiger partial charge in [-0.2, -0.15) is 0 Å². The smallest absolute Gasteiger partial charge is 0.293 e. The van der Waals surface area contributed by atoms with E-state index in [9.17, 15) is 4.79 Å². The van der Waals surface area contributed by atoms with E-state index in [1.807, 2.05) is 7.05 Å². The third-order valence-electron chi connectivity index (χ3n) is 3.94. The molecule has 0 radical (unpaired) electrons. The van der Waals surface area contributed by atoms with Gasteiger partial charge in [0.05, 0.1) is 0 Å². The van der Waals surface area contributed by atoms with Crippen LogP contribution in [-0.4, -0.2) is 52.7 Å². The fourth-order valence-electron chi connectivity index (χ4n) is 2.63. The number of nitrogens with one attached hydrogen (secondary N) is 2. The van der Waals surface area contributed by atoms with E-state index in [0.717, 1.165) is 38.3 Å². The largest absolute Gasteiger partial charge is 0.339 e. The summed E-state index contributed by atoms with van der Waals surface area (Å²) >= 11 is 0. The SMILES string of the molecule is CN(CC1CCCNC1)C(=O)c1n[nH]c(C2CC2)n1. The average Bonchev–Trinajstić information content (AvgIpc) is 3.17. The summed E-state index contributed by atoms with van der Waals surface area (Å²) < 4.78 is 0. The monoisotopic (exact) mass is 263 g/mol. The Morgan fingerprint density at radius 3 is 2.95 bits per heavy atom. The minimum Gasteiger partial charge on any atom is -0.339 e. The van der Waals surface area contributed by atoms with Crippen molar-refractivity contribution in [1.82, 2.24) is 25.4 Å². The molecule has 1 saturated heterocycles. The summed E-state index contributed by atoms with van der Waals surface area (Å²) in [7, 11) is 1.84. The van der Waals surface area contributed by atoms with E-state index in [1.165, 1.54) is 12.8 Å². The molecule has 6 heteroatoms. The molecule has 0 bridgehead atoms. The van der Waals surface area contributed by atoms with E-state index in [-0.39, 0.29) is 5.91 Å². The van der Waals surface area contributed by atoms with Crippen LogP contribution in [0.2, 0.25) is 0 Å². The molecule has 2 N–H and O–H groups in total. The van der Waals surface area contributed by atoms with Gasteiger partial charge in [-0.05, 0) is 44.7 Å². The third-order valence-corrected chi connectivity index (χ3v) is 3.94. The van der Waals surface area contributed by atoms with Crippen molar-refractivity contribution in [2.75, 3.05) is 26.7 Å². The first-order chi connectivity index (χ1) is 9.24. The quantitative estimate of drug-likeness (QED) is 0.841. The second kappa shape index (κ2) is 5.28. The molecule has 0 aromatic carbocycles. The van der Waals surface area contributed by atoms with E-state index in [0.29, 0.717) is 17.7 Å². The number of carbonyl (C=O) groups is 1. The van der Waals surface area contributed by atoms with Gasteiger partial charge in [0.25, 0.3) is 5.91 Å². The highest BCUT2D eigenvalue weighted by Gasteiger charge is 2.29. The maximum absolute atomic E-state index is 12.2. The summed E-state index contributed by atoms with van der Waals surface area (Å²) in [5.74, 6) is 2.16. The molecule has 1 aliphatic heterocycles. The van der Waals surface area contributed by atoms with Gasteiger partial charge in [-0.1, -0.05) is 0 Å². The molecule has 1 aliphatic carbocycles. The van der Waals surface area contributed by atoms with Crippen molar-refractivity contribution in [3.05, 3.63) is 11.6 Å². The van der Waals surface area contributed by atoms with Gasteiger partial charge in [0.1, 0.15) is 5.82 Å². The first-order valence-electron chi connectivity index (χ1n) is 7.12. The number of hydrogen-bond donors (Lipinski definition) is 2. The summed E-state index contributed by atoms with van der Waals surface area (Å²) in [5.41, 5.74) is 0. The summed E-state index contributed by atoms with van der Waals surface area (Å²) in [6, 6.07) is 0. The number of piperidine rings is 1. The molecule has 1 saturated carbocycles. The maximum atomic E-state index is 12.2. The van der Waals surface area contributed by atoms with E-state index < -0.39 is 0 Å². The van der Waals surface area contributed by atoms with E-state index in [2.05, 4.69) is 20.5 Å². The lowest BCUT2D eigenvalue weighted by atomic mass is 9.99. The molecule has 2 heterocycles. The lowest BCUT2D eigenvalue weighted by Crippen LogP contribution is -2.39. The third kappa shape index (κ3) is 2.94. The lowest BCUT2D eigenvalue weighted by Gasteiger charge is -2.27. The van der Waals surface area contributed by atoms with Gasteiger partial charge in [0, 0.05) is 19.5 Å². The first-order valence-corrected chi connectivity index (χ1v) is 7.12. The van der Waals surface area contributed by atoms with Crippen LogP contribution in [-0.2, 0) is 0 Å². The van der Waals surface area contributed by atoms with Gasteiger partial charge in [-0.3, -0.25) is 9.89 Å². The van der Waals surface area contributed by atoms with Crippen LogP contribution in [0.15, 0.2) is 0 Å². The molecule has 19 heavy (non-hydrogen) atoms. The molecule has 2 fully saturated rings. The number of hydrogen-bond acceptors (Lipinski definition) is 4. The van der Waals surface area contributed by atoms with Crippen LogP contribution in [0.1, 0.15) is 48.0 Å². The standard InChI is InChI=1S/C13H21N5O/c1-18(8-9-3-2-6-14-7-9)13(19)12-15-11(16-17-12)10-4-5-10/h9-10,14H,2-8H2,1H3,(H,15,16,17). The van der Waals surface area contributed by atoms with Gasteiger partial charge < -0.3 is 10.2 Å². The predicted molar refractivity (Wildman–Crippen MR) is 70.9 cm³/mol. The Kier molecular flexibility index (Phi) is 3.50. The number of rotatable bonds is 4. The van der Waals surface area contributed by atoms with Gasteiger partial charge in [-0.15, -0.1) is 5.10 Å². The zero-order valence-corrected chi connectivity index (χ0v) is 11.4. The second-order valence-corrected chi connectivity index (χ2v) is 5.72. The zero-order valence-electron chi connectivity index (χ0n) is 11.4. The minimum absolute atomic E-state index is 0.0753. The van der Waals surface area contributed by atoms with Crippen LogP contribution in [0, 0.1) is 5.92 Å². The molecule has 2 aliphatic rings. The fraction of sp³-hybridized carbons (Fsp3) is 0.769. The van der Waals surface area contributed by atoms with Crippen molar-refractivity contribution < 1.29 is 4.79 Å². The Hall–Kier alpha value is -1.43. The summed E-state index contributed by atoms with van der Waals surface area (Å²) in [5, 5.41) is 10.3. The Bertz CT molecular complexity index is 448. The van der Waals surface area contributed by atoms with Gasteiger partial charge in [0.2, 0.25) is 5.82 Å². The molecule has 1 atom stereocenters. The summed E-state index contributed by atoms with van der Waals surface area (Å²) in [6.45, 7) is 2.87.